The number of nitrogens with one attached hydrogen (secondary N) is 1. The molecule has 0 aliphatic heterocycles. The van der Waals surface area contributed by atoms with Crippen molar-refractivity contribution in [2.75, 3.05) is 0 Å². The van der Waals surface area contributed by atoms with Gasteiger partial charge in [-0.25, -0.2) is 4.98 Å². The second kappa shape index (κ2) is 5.87. The molecule has 0 saturated heterocycles. The molecule has 112 valence electrons. The molecule has 1 unspecified atom stereocenters. The Morgan fingerprint density at radius 1 is 1.29 bits per heavy atom. The molecule has 1 aromatic heterocycles. The molecule has 0 spiro atoms. The van der Waals surface area contributed by atoms with Crippen LogP contribution in [-0.2, 0) is 11.8 Å². The van der Waals surface area contributed by atoms with E-state index < -0.39 is 0 Å². The van der Waals surface area contributed by atoms with E-state index in [4.69, 9.17) is 5.84 Å². The number of hydrazine groups is 1. The third kappa shape index (κ3) is 2.63. The van der Waals surface area contributed by atoms with Gasteiger partial charge in [0.05, 0.1) is 10.7 Å². The lowest BCUT2D eigenvalue weighted by molar-refractivity contribution is 0.168. The number of rotatable bonds is 5. The van der Waals surface area contributed by atoms with Crippen molar-refractivity contribution >= 4 is 11.3 Å². The maximum absolute atomic E-state index is 5.93. The summed E-state index contributed by atoms with van der Waals surface area (Å²) < 4.78 is 0. The molecular weight excluding hydrogens is 278 g/mol. The largest absolute Gasteiger partial charge is 0.271 e. The topological polar surface area (TPSA) is 50.9 Å². The lowest BCUT2D eigenvalue weighted by Gasteiger charge is -2.48. The average Bonchev–Trinajstić information content (AvgIpc) is 2.76. The Balaban J connectivity index is 1.87. The van der Waals surface area contributed by atoms with Crippen LogP contribution in [0.15, 0.2) is 30.3 Å². The zero-order valence-electron chi connectivity index (χ0n) is 12.7. The molecule has 1 aliphatic carbocycles. The van der Waals surface area contributed by atoms with Crippen LogP contribution in [0.3, 0.4) is 0 Å². The first-order chi connectivity index (χ1) is 10.2. The van der Waals surface area contributed by atoms with Crippen molar-refractivity contribution in [3.05, 3.63) is 51.5 Å². The molecule has 3 N–H and O–H groups in total. The summed E-state index contributed by atoms with van der Waals surface area (Å²) in [6.07, 6.45) is 4.60. The minimum absolute atomic E-state index is 0.170. The molecule has 21 heavy (non-hydrogen) atoms. The monoisotopic (exact) mass is 301 g/mol. The van der Waals surface area contributed by atoms with Crippen molar-refractivity contribution in [2.24, 2.45) is 5.84 Å². The second-order valence-electron chi connectivity index (χ2n) is 6.05. The van der Waals surface area contributed by atoms with Gasteiger partial charge in [0, 0.05) is 22.8 Å². The SMILES string of the molecule is Cc1nc(CC(NN)C2(c3ccccc3)CCC2)sc1C. The van der Waals surface area contributed by atoms with Crippen molar-refractivity contribution in [2.45, 2.75) is 51.0 Å². The van der Waals surface area contributed by atoms with Crippen LogP contribution in [0.1, 0.15) is 40.4 Å². The second-order valence-corrected chi connectivity index (χ2v) is 7.34. The van der Waals surface area contributed by atoms with Gasteiger partial charge < -0.3 is 0 Å². The summed E-state index contributed by atoms with van der Waals surface area (Å²) in [7, 11) is 0. The van der Waals surface area contributed by atoms with E-state index in [1.165, 1.54) is 34.7 Å². The Bertz CT molecular complexity index is 582. The number of hydrogen-bond donors (Lipinski definition) is 2. The lowest BCUT2D eigenvalue weighted by atomic mass is 9.59. The third-order valence-corrected chi connectivity index (χ3v) is 6.01. The summed E-state index contributed by atoms with van der Waals surface area (Å²) in [6.45, 7) is 4.22. The summed E-state index contributed by atoms with van der Waals surface area (Å²) in [5, 5.41) is 1.19. The Morgan fingerprint density at radius 2 is 2.00 bits per heavy atom. The Labute approximate surface area is 130 Å². The van der Waals surface area contributed by atoms with Gasteiger partial charge in [0.25, 0.3) is 0 Å². The molecule has 0 radical (unpaired) electrons. The van der Waals surface area contributed by atoms with E-state index in [0.29, 0.717) is 0 Å². The lowest BCUT2D eigenvalue weighted by Crippen LogP contribution is -2.56. The molecule has 4 heteroatoms. The molecule has 3 rings (SSSR count). The van der Waals surface area contributed by atoms with Gasteiger partial charge in [0.1, 0.15) is 0 Å². The molecule has 1 heterocycles. The third-order valence-electron chi connectivity index (χ3n) is 4.91. The van der Waals surface area contributed by atoms with Gasteiger partial charge in [-0.3, -0.25) is 11.3 Å². The Hall–Kier alpha value is -1.23. The molecular formula is C17H23N3S. The normalized spacial score (nSPS) is 18.2. The Kier molecular flexibility index (Phi) is 4.11. The predicted octanol–water partition coefficient (Wildman–Crippen LogP) is 3.26. The van der Waals surface area contributed by atoms with E-state index in [1.807, 2.05) is 0 Å². The van der Waals surface area contributed by atoms with E-state index in [0.717, 1.165) is 12.1 Å². The summed E-state index contributed by atoms with van der Waals surface area (Å²) in [6, 6.07) is 11.1. The van der Waals surface area contributed by atoms with Gasteiger partial charge >= 0.3 is 0 Å². The number of aromatic nitrogens is 1. The van der Waals surface area contributed by atoms with Crippen LogP contribution in [0, 0.1) is 13.8 Å². The van der Waals surface area contributed by atoms with E-state index in [9.17, 15) is 0 Å². The number of nitrogens with two attached hydrogens (primary N) is 1. The average molecular weight is 301 g/mol. The standard InChI is InChI=1S/C17H23N3S/c1-12-13(2)21-16(19-12)11-15(20-18)17(9-6-10-17)14-7-4-3-5-8-14/h3-5,7-8,15,20H,6,9-11,18H2,1-2H3. The van der Waals surface area contributed by atoms with Crippen LogP contribution in [0.2, 0.25) is 0 Å². The fourth-order valence-corrected chi connectivity index (χ4v) is 4.36. The first kappa shape index (κ1) is 14.7. The summed E-state index contributed by atoms with van der Waals surface area (Å²) in [5.74, 6) is 5.93. The van der Waals surface area contributed by atoms with E-state index in [2.05, 4.69) is 54.6 Å². The molecule has 1 saturated carbocycles. The minimum atomic E-state index is 0.170. The van der Waals surface area contributed by atoms with Crippen LogP contribution in [0.4, 0.5) is 0 Å². The minimum Gasteiger partial charge on any atom is -0.271 e. The van der Waals surface area contributed by atoms with E-state index in [1.54, 1.807) is 11.3 Å². The highest BCUT2D eigenvalue weighted by Crippen LogP contribution is 2.47. The smallest absolute Gasteiger partial charge is 0.0947 e. The van der Waals surface area contributed by atoms with Crippen LogP contribution in [0.25, 0.3) is 0 Å². The van der Waals surface area contributed by atoms with Gasteiger partial charge in [-0.15, -0.1) is 11.3 Å². The van der Waals surface area contributed by atoms with Crippen LogP contribution in [-0.4, -0.2) is 11.0 Å². The first-order valence-corrected chi connectivity index (χ1v) is 8.42. The zero-order chi connectivity index (χ0) is 14.9. The maximum atomic E-state index is 5.93. The van der Waals surface area contributed by atoms with Crippen LogP contribution < -0.4 is 11.3 Å². The van der Waals surface area contributed by atoms with Gasteiger partial charge in [-0.05, 0) is 32.3 Å². The number of nitrogens with zero attached hydrogens (tertiary/aromatic N) is 1. The highest BCUT2D eigenvalue weighted by molar-refractivity contribution is 7.11. The molecule has 1 aromatic carbocycles. The van der Waals surface area contributed by atoms with Gasteiger partial charge in [0.15, 0.2) is 0 Å². The van der Waals surface area contributed by atoms with Crippen molar-refractivity contribution in [1.29, 1.82) is 0 Å². The number of aryl methyl sites for hydroxylation is 2. The maximum Gasteiger partial charge on any atom is 0.0947 e. The Morgan fingerprint density at radius 3 is 2.48 bits per heavy atom. The van der Waals surface area contributed by atoms with Crippen LogP contribution in [0.5, 0.6) is 0 Å². The fraction of sp³-hybridized carbons (Fsp3) is 0.471. The van der Waals surface area contributed by atoms with E-state index in [-0.39, 0.29) is 11.5 Å². The molecule has 3 nitrogen and oxygen atoms in total. The highest BCUT2D eigenvalue weighted by Gasteiger charge is 2.45. The molecule has 0 bridgehead atoms. The zero-order valence-corrected chi connectivity index (χ0v) is 13.5. The number of thiazole rings is 1. The van der Waals surface area contributed by atoms with Crippen molar-refractivity contribution in [1.82, 2.24) is 10.4 Å². The van der Waals surface area contributed by atoms with Gasteiger partial charge in [0.2, 0.25) is 0 Å². The van der Waals surface area contributed by atoms with Crippen LogP contribution >= 0.6 is 11.3 Å². The summed E-state index contributed by atoms with van der Waals surface area (Å²) in [4.78, 5) is 5.99. The molecule has 1 fully saturated rings. The number of benzene rings is 1. The summed E-state index contributed by atoms with van der Waals surface area (Å²) >= 11 is 1.80. The molecule has 2 aromatic rings. The van der Waals surface area contributed by atoms with Gasteiger partial charge in [-0.2, -0.15) is 0 Å². The number of hydrogen-bond acceptors (Lipinski definition) is 4. The summed E-state index contributed by atoms with van der Waals surface area (Å²) in [5.41, 5.74) is 5.81. The quantitative estimate of drug-likeness (QED) is 0.658. The van der Waals surface area contributed by atoms with Crippen molar-refractivity contribution in [3.63, 3.8) is 0 Å². The predicted molar refractivity (Wildman–Crippen MR) is 88.4 cm³/mol. The van der Waals surface area contributed by atoms with Crippen molar-refractivity contribution < 1.29 is 0 Å². The molecule has 0 amide bonds. The first-order valence-electron chi connectivity index (χ1n) is 7.60. The van der Waals surface area contributed by atoms with E-state index >= 15 is 0 Å². The molecule has 1 atom stereocenters. The highest BCUT2D eigenvalue weighted by atomic mass is 32.1. The fourth-order valence-electron chi connectivity index (χ4n) is 3.38. The molecule has 1 aliphatic rings. The van der Waals surface area contributed by atoms with Gasteiger partial charge in [-0.1, -0.05) is 36.8 Å². The van der Waals surface area contributed by atoms with Crippen molar-refractivity contribution in [3.8, 4) is 0 Å².